The first-order valence-electron chi connectivity index (χ1n) is 7.80. The Morgan fingerprint density at radius 2 is 2.00 bits per heavy atom. The fraction of sp³-hybridized carbons (Fsp3) is 0.529. The van der Waals surface area contributed by atoms with Crippen LogP contribution in [0, 0.1) is 0 Å². The number of amides is 2. The average Bonchev–Trinajstić information content (AvgIpc) is 2.65. The molecule has 1 N–H and O–H groups in total. The average molecular weight is 302 g/mol. The topological polar surface area (TPSA) is 58.6 Å². The van der Waals surface area contributed by atoms with Crippen molar-refractivity contribution in [2.24, 2.45) is 0 Å². The van der Waals surface area contributed by atoms with Crippen molar-refractivity contribution in [2.45, 2.75) is 44.2 Å². The molecule has 1 fully saturated rings. The molecule has 1 aromatic rings. The van der Waals surface area contributed by atoms with Crippen molar-refractivity contribution in [3.63, 3.8) is 0 Å². The zero-order valence-electron chi connectivity index (χ0n) is 13.1. The molecule has 22 heavy (non-hydrogen) atoms. The molecule has 2 aliphatic rings. The monoisotopic (exact) mass is 302 g/mol. The standard InChI is InChI=1S/C17H22N2O3/c1-12(20)19(2)13-7-9-17(10-8-13)11-18-16(21)14-5-3-4-6-15(14)22-17/h3-6,13H,7-11H2,1-2H3,(H,18,21). The summed E-state index contributed by atoms with van der Waals surface area (Å²) in [6.45, 7) is 2.13. The summed E-state index contributed by atoms with van der Waals surface area (Å²) in [5.41, 5.74) is 0.249. The molecule has 0 unspecified atom stereocenters. The number of hydrogen-bond acceptors (Lipinski definition) is 3. The van der Waals surface area contributed by atoms with Crippen LogP contribution in [-0.2, 0) is 4.79 Å². The minimum Gasteiger partial charge on any atom is -0.485 e. The van der Waals surface area contributed by atoms with Crippen LogP contribution in [0.15, 0.2) is 24.3 Å². The van der Waals surface area contributed by atoms with E-state index in [0.29, 0.717) is 17.9 Å². The van der Waals surface area contributed by atoms with E-state index < -0.39 is 0 Å². The zero-order valence-corrected chi connectivity index (χ0v) is 13.1. The second-order valence-corrected chi connectivity index (χ2v) is 6.33. The summed E-state index contributed by atoms with van der Waals surface area (Å²) in [6, 6.07) is 7.65. The van der Waals surface area contributed by atoms with Gasteiger partial charge in [-0.25, -0.2) is 0 Å². The van der Waals surface area contributed by atoms with Gasteiger partial charge in [0.1, 0.15) is 11.4 Å². The van der Waals surface area contributed by atoms with E-state index in [0.717, 1.165) is 25.7 Å². The highest BCUT2D eigenvalue weighted by molar-refractivity contribution is 5.97. The summed E-state index contributed by atoms with van der Waals surface area (Å²) < 4.78 is 6.26. The fourth-order valence-corrected chi connectivity index (χ4v) is 3.40. The van der Waals surface area contributed by atoms with Crippen LogP contribution in [0.25, 0.3) is 0 Å². The summed E-state index contributed by atoms with van der Waals surface area (Å²) in [7, 11) is 1.86. The highest BCUT2D eigenvalue weighted by Gasteiger charge is 2.41. The van der Waals surface area contributed by atoms with Crippen LogP contribution < -0.4 is 10.1 Å². The number of hydrogen-bond donors (Lipinski definition) is 1. The van der Waals surface area contributed by atoms with Crippen LogP contribution >= 0.6 is 0 Å². The van der Waals surface area contributed by atoms with Gasteiger partial charge in [0, 0.05) is 20.0 Å². The van der Waals surface area contributed by atoms with Gasteiger partial charge < -0.3 is 15.0 Å². The van der Waals surface area contributed by atoms with Crippen molar-refractivity contribution in [1.29, 1.82) is 0 Å². The predicted octanol–water partition coefficient (Wildman–Crippen LogP) is 1.97. The van der Waals surface area contributed by atoms with E-state index in [9.17, 15) is 9.59 Å². The number of rotatable bonds is 1. The van der Waals surface area contributed by atoms with Gasteiger partial charge in [-0.3, -0.25) is 9.59 Å². The molecule has 1 aromatic carbocycles. The molecule has 0 aromatic heterocycles. The van der Waals surface area contributed by atoms with E-state index in [1.807, 2.05) is 30.1 Å². The number of para-hydroxylation sites is 1. The Morgan fingerprint density at radius 3 is 2.68 bits per heavy atom. The third-order valence-corrected chi connectivity index (χ3v) is 4.94. The summed E-state index contributed by atoms with van der Waals surface area (Å²) in [4.78, 5) is 25.5. The van der Waals surface area contributed by atoms with Gasteiger partial charge in [0.05, 0.1) is 12.1 Å². The largest absolute Gasteiger partial charge is 0.485 e. The molecule has 0 bridgehead atoms. The van der Waals surface area contributed by atoms with Gasteiger partial charge >= 0.3 is 0 Å². The first-order valence-corrected chi connectivity index (χ1v) is 7.80. The zero-order chi connectivity index (χ0) is 15.7. The normalized spacial score (nSPS) is 27.4. The summed E-state index contributed by atoms with van der Waals surface area (Å²) in [5.74, 6) is 0.688. The van der Waals surface area contributed by atoms with Gasteiger partial charge in [-0.05, 0) is 37.8 Å². The molecule has 1 aliphatic carbocycles. The van der Waals surface area contributed by atoms with E-state index in [1.165, 1.54) is 0 Å². The minimum absolute atomic E-state index is 0.0737. The summed E-state index contributed by atoms with van der Waals surface area (Å²) >= 11 is 0. The Balaban J connectivity index is 1.76. The van der Waals surface area contributed by atoms with Crippen molar-refractivity contribution in [3.8, 4) is 5.75 Å². The first-order chi connectivity index (χ1) is 10.5. The van der Waals surface area contributed by atoms with Gasteiger partial charge in [-0.15, -0.1) is 0 Å². The van der Waals surface area contributed by atoms with Gasteiger partial charge in [0.15, 0.2) is 0 Å². The molecule has 5 nitrogen and oxygen atoms in total. The Hall–Kier alpha value is -2.04. The Morgan fingerprint density at radius 1 is 1.32 bits per heavy atom. The number of ether oxygens (including phenoxy) is 1. The molecule has 0 atom stereocenters. The maximum absolute atomic E-state index is 12.1. The molecular weight excluding hydrogens is 280 g/mol. The van der Waals surface area contributed by atoms with Gasteiger partial charge in [-0.1, -0.05) is 12.1 Å². The van der Waals surface area contributed by atoms with Crippen molar-refractivity contribution in [2.75, 3.05) is 13.6 Å². The molecule has 1 heterocycles. The van der Waals surface area contributed by atoms with Crippen LogP contribution in [0.3, 0.4) is 0 Å². The quantitative estimate of drug-likeness (QED) is 0.863. The van der Waals surface area contributed by atoms with E-state index in [-0.39, 0.29) is 23.5 Å². The highest BCUT2D eigenvalue weighted by Crippen LogP contribution is 2.37. The molecule has 0 saturated heterocycles. The van der Waals surface area contributed by atoms with Crippen molar-refractivity contribution in [1.82, 2.24) is 10.2 Å². The predicted molar refractivity (Wildman–Crippen MR) is 82.8 cm³/mol. The number of carbonyl (C=O) groups excluding carboxylic acids is 2. The molecule has 1 aliphatic heterocycles. The SMILES string of the molecule is CC(=O)N(C)C1CCC2(CC1)CNC(=O)c1ccccc1O2. The lowest BCUT2D eigenvalue weighted by Gasteiger charge is -2.41. The van der Waals surface area contributed by atoms with Gasteiger partial charge in [0.25, 0.3) is 5.91 Å². The van der Waals surface area contributed by atoms with Crippen LogP contribution in [-0.4, -0.2) is 41.9 Å². The Bertz CT molecular complexity index is 591. The van der Waals surface area contributed by atoms with Gasteiger partial charge in [0.2, 0.25) is 5.91 Å². The number of nitrogens with one attached hydrogen (secondary N) is 1. The van der Waals surface area contributed by atoms with Crippen molar-refractivity contribution < 1.29 is 14.3 Å². The molecule has 1 saturated carbocycles. The van der Waals surface area contributed by atoms with Crippen LogP contribution in [0.1, 0.15) is 43.0 Å². The molecular formula is C17H22N2O3. The first kappa shape index (κ1) is 14.9. The van der Waals surface area contributed by atoms with Crippen LogP contribution in [0.2, 0.25) is 0 Å². The number of fused-ring (bicyclic) bond motifs is 1. The smallest absolute Gasteiger partial charge is 0.255 e. The maximum atomic E-state index is 12.1. The third kappa shape index (κ3) is 2.67. The Kier molecular flexibility index (Phi) is 3.81. The fourth-order valence-electron chi connectivity index (χ4n) is 3.40. The van der Waals surface area contributed by atoms with E-state index >= 15 is 0 Å². The van der Waals surface area contributed by atoms with Crippen LogP contribution in [0.4, 0.5) is 0 Å². The molecule has 0 radical (unpaired) electrons. The summed E-state index contributed by atoms with van der Waals surface area (Å²) in [6.07, 6.45) is 3.47. The molecule has 118 valence electrons. The lowest BCUT2D eigenvalue weighted by Crippen LogP contribution is -2.51. The van der Waals surface area contributed by atoms with E-state index in [2.05, 4.69) is 5.32 Å². The van der Waals surface area contributed by atoms with Gasteiger partial charge in [-0.2, -0.15) is 0 Å². The Labute approximate surface area is 130 Å². The lowest BCUT2D eigenvalue weighted by molar-refractivity contribution is -0.131. The lowest BCUT2D eigenvalue weighted by atomic mass is 9.81. The van der Waals surface area contributed by atoms with Crippen molar-refractivity contribution >= 4 is 11.8 Å². The molecule has 3 rings (SSSR count). The van der Waals surface area contributed by atoms with E-state index in [1.54, 1.807) is 13.0 Å². The van der Waals surface area contributed by atoms with E-state index in [4.69, 9.17) is 4.74 Å². The maximum Gasteiger partial charge on any atom is 0.255 e. The number of benzene rings is 1. The van der Waals surface area contributed by atoms with Crippen LogP contribution in [0.5, 0.6) is 5.75 Å². The molecule has 5 heteroatoms. The van der Waals surface area contributed by atoms with Crippen molar-refractivity contribution in [3.05, 3.63) is 29.8 Å². The highest BCUT2D eigenvalue weighted by atomic mass is 16.5. The third-order valence-electron chi connectivity index (χ3n) is 4.94. The second-order valence-electron chi connectivity index (χ2n) is 6.33. The number of carbonyl (C=O) groups is 2. The number of nitrogens with zero attached hydrogens (tertiary/aromatic N) is 1. The molecule has 1 spiro atoms. The minimum atomic E-state index is -0.351. The second kappa shape index (κ2) is 5.63. The molecule has 2 amide bonds. The summed E-state index contributed by atoms with van der Waals surface area (Å²) in [5, 5.41) is 2.98.